The predicted octanol–water partition coefficient (Wildman–Crippen LogP) is 4.24. The van der Waals surface area contributed by atoms with Gasteiger partial charge in [0.1, 0.15) is 5.54 Å². The normalized spacial score (nSPS) is 19.1. The van der Waals surface area contributed by atoms with E-state index in [1.165, 1.54) is 12.1 Å². The Bertz CT molecular complexity index is 1280. The van der Waals surface area contributed by atoms with Crippen molar-refractivity contribution in [1.82, 2.24) is 20.1 Å². The molecule has 3 fully saturated rings. The number of hydrogen-bond donors (Lipinski definition) is 1. The molecule has 0 spiro atoms. The topological polar surface area (TPSA) is 104 Å². The molecule has 0 radical (unpaired) electrons. The Balaban J connectivity index is 0.000000179. The molecule has 3 aromatic rings. The Kier molecular flexibility index (Phi) is 8.18. The van der Waals surface area contributed by atoms with Crippen LogP contribution in [-0.4, -0.2) is 55.0 Å². The van der Waals surface area contributed by atoms with Gasteiger partial charge in [-0.25, -0.2) is 4.68 Å². The number of anilines is 1. The molecule has 6 rings (SSSR count). The van der Waals surface area contributed by atoms with Crippen LogP contribution in [0.25, 0.3) is 16.8 Å². The lowest BCUT2D eigenvalue weighted by Crippen LogP contribution is -2.40. The molecule has 2 aromatic heterocycles. The quantitative estimate of drug-likeness (QED) is 0.529. The fourth-order valence-electron chi connectivity index (χ4n) is 4.96. The summed E-state index contributed by atoms with van der Waals surface area (Å²) < 4.78 is 13.3. The van der Waals surface area contributed by atoms with Gasteiger partial charge in [-0.2, -0.15) is 10.4 Å². The third-order valence-corrected chi connectivity index (χ3v) is 8.81. The molecule has 8 nitrogen and oxygen atoms in total. The van der Waals surface area contributed by atoms with Gasteiger partial charge >= 0.3 is 0 Å². The maximum atomic E-state index is 11.8. The lowest BCUT2D eigenvalue weighted by atomic mass is 9.88. The van der Waals surface area contributed by atoms with E-state index in [-0.39, 0.29) is 11.8 Å². The molecule has 2 saturated carbocycles. The van der Waals surface area contributed by atoms with E-state index in [2.05, 4.69) is 50.6 Å². The third kappa shape index (κ3) is 6.48. The smallest absolute Gasteiger partial charge is 0.224 e. The number of nitrogens with zero attached hydrogens (tertiary/aromatic N) is 5. The first-order valence-corrected chi connectivity index (χ1v) is 14.9. The van der Waals surface area contributed by atoms with E-state index in [4.69, 9.17) is 5.26 Å². The number of benzene rings is 1. The van der Waals surface area contributed by atoms with Crippen LogP contribution in [-0.2, 0) is 15.6 Å². The zero-order chi connectivity index (χ0) is 26.4. The van der Waals surface area contributed by atoms with Crippen molar-refractivity contribution in [3.05, 3.63) is 61.2 Å². The number of nitrogens with one attached hydrogen (secondary N) is 1. The first-order chi connectivity index (χ1) is 18.5. The van der Waals surface area contributed by atoms with Crippen LogP contribution in [0, 0.1) is 17.2 Å². The van der Waals surface area contributed by atoms with Gasteiger partial charge in [-0.15, -0.1) is 0 Å². The molecular formula is C29H34N6O2S. The van der Waals surface area contributed by atoms with Gasteiger partial charge in [0.25, 0.3) is 0 Å². The minimum Gasteiger partial charge on any atom is -0.370 e. The lowest BCUT2D eigenvalue weighted by molar-refractivity contribution is -0.126. The highest BCUT2D eigenvalue weighted by molar-refractivity contribution is 7.85. The summed E-state index contributed by atoms with van der Waals surface area (Å²) in [5.74, 6) is 1.82. The fraction of sp³-hybridized carbons (Fsp3) is 0.448. The van der Waals surface area contributed by atoms with Gasteiger partial charge < -0.3 is 10.2 Å². The molecule has 0 atom stereocenters. The summed E-state index contributed by atoms with van der Waals surface area (Å²) in [7, 11) is -0.642. The van der Waals surface area contributed by atoms with E-state index in [9.17, 15) is 9.00 Å². The lowest BCUT2D eigenvalue weighted by Gasteiger charge is -2.28. The minimum atomic E-state index is -0.642. The Morgan fingerprint density at radius 3 is 2.37 bits per heavy atom. The Hall–Kier alpha value is -3.51. The average molecular weight is 531 g/mol. The Morgan fingerprint density at radius 2 is 1.74 bits per heavy atom. The van der Waals surface area contributed by atoms with E-state index >= 15 is 0 Å². The summed E-state index contributed by atoms with van der Waals surface area (Å²) in [5.41, 5.74) is 3.87. The van der Waals surface area contributed by atoms with Crippen LogP contribution < -0.4 is 10.2 Å². The van der Waals surface area contributed by atoms with Gasteiger partial charge in [-0.1, -0.05) is 31.4 Å². The number of rotatable bonds is 5. The molecule has 198 valence electrons. The van der Waals surface area contributed by atoms with E-state index in [1.54, 1.807) is 12.4 Å². The second kappa shape index (κ2) is 11.9. The number of hydrogen-bond acceptors (Lipinski definition) is 6. The zero-order valence-electron chi connectivity index (χ0n) is 21.6. The molecular weight excluding hydrogens is 496 g/mol. The van der Waals surface area contributed by atoms with Crippen LogP contribution >= 0.6 is 0 Å². The summed E-state index contributed by atoms with van der Waals surface area (Å²) in [5, 5.41) is 16.1. The highest BCUT2D eigenvalue weighted by Crippen LogP contribution is 2.35. The van der Waals surface area contributed by atoms with Gasteiger partial charge in [0, 0.05) is 65.0 Å². The van der Waals surface area contributed by atoms with Crippen LogP contribution in [0.2, 0.25) is 0 Å². The molecule has 2 aliphatic carbocycles. The zero-order valence-corrected chi connectivity index (χ0v) is 22.4. The predicted molar refractivity (Wildman–Crippen MR) is 149 cm³/mol. The Labute approximate surface area is 226 Å². The minimum absolute atomic E-state index is 0.115. The molecule has 3 heterocycles. The first kappa shape index (κ1) is 26.1. The van der Waals surface area contributed by atoms with E-state index < -0.39 is 16.3 Å². The van der Waals surface area contributed by atoms with Gasteiger partial charge in [0.15, 0.2) is 0 Å². The number of carbonyl (C=O) groups excluding carboxylic acids is 1. The number of aromatic nitrogens is 3. The van der Waals surface area contributed by atoms with Gasteiger partial charge in [0.05, 0.1) is 24.2 Å². The van der Waals surface area contributed by atoms with Crippen LogP contribution in [0.15, 0.2) is 61.2 Å². The van der Waals surface area contributed by atoms with Crippen LogP contribution in [0.1, 0.15) is 44.9 Å². The van der Waals surface area contributed by atoms with Crippen LogP contribution in [0.4, 0.5) is 5.69 Å². The molecule has 3 aliphatic rings. The summed E-state index contributed by atoms with van der Waals surface area (Å²) in [6.07, 6.45) is 14.7. The SMILES string of the molecule is N#CC1(NC(=O)C2CCCCC2)CC1.O=S1CCN(c2ccc(-c3cnn(-c4cccnc4)c3)cc2)CC1. The maximum absolute atomic E-state index is 11.8. The largest absolute Gasteiger partial charge is 0.370 e. The highest BCUT2D eigenvalue weighted by atomic mass is 32.2. The van der Waals surface area contributed by atoms with Crippen molar-refractivity contribution in [2.75, 3.05) is 29.5 Å². The molecule has 0 bridgehead atoms. The van der Waals surface area contributed by atoms with E-state index in [0.29, 0.717) is 0 Å². The van der Waals surface area contributed by atoms with Gasteiger partial charge in [-0.05, 0) is 55.5 Å². The molecule has 1 aliphatic heterocycles. The van der Waals surface area contributed by atoms with Gasteiger partial charge in [0.2, 0.25) is 5.91 Å². The summed E-state index contributed by atoms with van der Waals surface area (Å²) >= 11 is 0. The summed E-state index contributed by atoms with van der Waals surface area (Å²) in [6.45, 7) is 1.73. The highest BCUT2D eigenvalue weighted by Gasteiger charge is 2.45. The molecule has 0 unspecified atom stereocenters. The maximum Gasteiger partial charge on any atom is 0.224 e. The summed E-state index contributed by atoms with van der Waals surface area (Å²) in [4.78, 5) is 18.2. The number of pyridine rings is 1. The van der Waals surface area contributed by atoms with E-state index in [0.717, 1.165) is 79.9 Å². The monoisotopic (exact) mass is 530 g/mol. The van der Waals surface area contributed by atoms with Crippen molar-refractivity contribution >= 4 is 22.4 Å². The first-order valence-electron chi connectivity index (χ1n) is 13.4. The molecule has 1 aromatic carbocycles. The Morgan fingerprint density at radius 1 is 1.00 bits per heavy atom. The van der Waals surface area contributed by atoms with Crippen molar-refractivity contribution < 1.29 is 9.00 Å². The van der Waals surface area contributed by atoms with Crippen LogP contribution in [0.3, 0.4) is 0 Å². The van der Waals surface area contributed by atoms with Crippen LogP contribution in [0.5, 0.6) is 0 Å². The van der Waals surface area contributed by atoms with Crippen molar-refractivity contribution in [2.24, 2.45) is 5.92 Å². The number of carbonyl (C=O) groups is 1. The number of nitriles is 1. The van der Waals surface area contributed by atoms with E-state index in [1.807, 2.05) is 29.2 Å². The molecule has 38 heavy (non-hydrogen) atoms. The van der Waals surface area contributed by atoms with Gasteiger partial charge in [-0.3, -0.25) is 14.0 Å². The molecule has 9 heteroatoms. The molecule has 1 saturated heterocycles. The number of amides is 1. The van der Waals surface area contributed by atoms with Crippen molar-refractivity contribution in [1.29, 1.82) is 5.26 Å². The van der Waals surface area contributed by atoms with Crippen molar-refractivity contribution in [3.8, 4) is 22.9 Å². The van der Waals surface area contributed by atoms with Crippen molar-refractivity contribution in [2.45, 2.75) is 50.5 Å². The average Bonchev–Trinajstić information content (AvgIpc) is 3.57. The third-order valence-electron chi connectivity index (χ3n) is 7.54. The summed E-state index contributed by atoms with van der Waals surface area (Å²) in [6, 6.07) is 14.6. The fourth-order valence-corrected chi connectivity index (χ4v) is 6.01. The second-order valence-corrected chi connectivity index (χ2v) is 12.0. The molecule has 1 amide bonds. The second-order valence-electron chi connectivity index (χ2n) is 10.3. The van der Waals surface area contributed by atoms with Crippen molar-refractivity contribution in [3.63, 3.8) is 0 Å². The standard InChI is InChI=1S/C18H18N4OS.C11H16N2O/c23-24-10-8-21(9-11-24)17-5-3-15(4-6-17)16-12-20-22(14-16)18-2-1-7-19-13-18;12-8-11(6-7-11)13-10(14)9-4-2-1-3-5-9/h1-7,12-14H,8-11H2;9H,1-7H2,(H,13,14). The molecule has 1 N–H and O–H groups in total.